The Morgan fingerprint density at radius 2 is 2.12 bits per heavy atom. The molecule has 2 heterocycles. The molecular weight excluding hydrogens is 308 g/mol. The maximum Gasteiger partial charge on any atom is 0.229 e. The van der Waals surface area contributed by atoms with Crippen molar-refractivity contribution >= 4 is 11.6 Å². The molecule has 126 valence electrons. The molecule has 7 nitrogen and oxygen atoms in total. The van der Waals surface area contributed by atoms with E-state index < -0.39 is 0 Å². The lowest BCUT2D eigenvalue weighted by Crippen LogP contribution is -2.24. The summed E-state index contributed by atoms with van der Waals surface area (Å²) in [5.41, 5.74) is 0.773. The van der Waals surface area contributed by atoms with Gasteiger partial charge < -0.3 is 19.9 Å². The largest absolute Gasteiger partial charge is 0.485 e. The van der Waals surface area contributed by atoms with Gasteiger partial charge >= 0.3 is 0 Å². The zero-order valence-electron chi connectivity index (χ0n) is 13.3. The van der Waals surface area contributed by atoms with Crippen molar-refractivity contribution in [3.05, 3.63) is 36.0 Å². The molecule has 2 N–H and O–H groups in total. The van der Waals surface area contributed by atoms with Crippen molar-refractivity contribution in [3.63, 3.8) is 0 Å². The molecule has 1 aliphatic carbocycles. The van der Waals surface area contributed by atoms with Crippen LogP contribution in [0.5, 0.6) is 5.75 Å². The summed E-state index contributed by atoms with van der Waals surface area (Å²) in [7, 11) is 0. The van der Waals surface area contributed by atoms with Crippen LogP contribution in [0.15, 0.2) is 28.8 Å². The lowest BCUT2D eigenvalue weighted by Gasteiger charge is -2.10. The molecule has 4 rings (SSSR count). The Labute approximate surface area is 139 Å². The van der Waals surface area contributed by atoms with Gasteiger partial charge in [-0.05, 0) is 50.1 Å². The Bertz CT molecular complexity index is 703. The van der Waals surface area contributed by atoms with Gasteiger partial charge in [0.25, 0.3) is 0 Å². The van der Waals surface area contributed by atoms with E-state index in [0.29, 0.717) is 23.4 Å². The maximum absolute atomic E-state index is 12.1. The molecule has 24 heavy (non-hydrogen) atoms. The number of aromatic nitrogens is 2. The van der Waals surface area contributed by atoms with Gasteiger partial charge in [-0.25, -0.2) is 0 Å². The minimum absolute atomic E-state index is 0.0554. The number of carbonyl (C=O) groups is 1. The average Bonchev–Trinajstić information content (AvgIpc) is 3.12. The van der Waals surface area contributed by atoms with E-state index in [1.54, 1.807) is 0 Å². The van der Waals surface area contributed by atoms with Crippen LogP contribution < -0.4 is 15.4 Å². The van der Waals surface area contributed by atoms with Gasteiger partial charge in [0.05, 0.1) is 5.92 Å². The van der Waals surface area contributed by atoms with Crippen LogP contribution >= 0.6 is 0 Å². The second-order valence-electron chi connectivity index (χ2n) is 6.32. The summed E-state index contributed by atoms with van der Waals surface area (Å²) in [6, 6.07) is 7.32. The van der Waals surface area contributed by atoms with Gasteiger partial charge in [-0.15, -0.1) is 0 Å². The van der Waals surface area contributed by atoms with Crippen molar-refractivity contribution in [3.8, 4) is 5.75 Å². The van der Waals surface area contributed by atoms with Gasteiger partial charge in [0.2, 0.25) is 17.6 Å². The van der Waals surface area contributed by atoms with Crippen LogP contribution in [0.2, 0.25) is 0 Å². The Morgan fingerprint density at radius 3 is 2.83 bits per heavy atom. The molecule has 2 aromatic rings. The first-order chi connectivity index (χ1) is 11.8. The number of amides is 1. The molecule has 1 aromatic heterocycles. The second kappa shape index (κ2) is 6.60. The molecule has 1 saturated carbocycles. The fourth-order valence-corrected chi connectivity index (χ4v) is 2.73. The number of benzene rings is 1. The molecule has 1 atom stereocenters. The lowest BCUT2D eigenvalue weighted by atomic mass is 10.1. The molecule has 1 amide bonds. The minimum Gasteiger partial charge on any atom is -0.485 e. The standard InChI is InChI=1S/C17H20N4O3/c22-16(12-7-8-18-9-12)19-13-3-5-14(6-4-13)23-10-15-20-17(24-21-15)11-1-2-11/h3-6,11-12,18H,1-2,7-10H2,(H,19,22). The highest BCUT2D eigenvalue weighted by atomic mass is 16.5. The first-order valence-electron chi connectivity index (χ1n) is 8.35. The first-order valence-corrected chi connectivity index (χ1v) is 8.35. The zero-order chi connectivity index (χ0) is 16.4. The van der Waals surface area contributed by atoms with E-state index in [-0.39, 0.29) is 18.4 Å². The number of nitrogens with one attached hydrogen (secondary N) is 2. The number of carbonyl (C=O) groups excluding carboxylic acids is 1. The molecule has 0 radical (unpaired) electrons. The topological polar surface area (TPSA) is 89.3 Å². The van der Waals surface area contributed by atoms with Crippen molar-refractivity contribution in [1.82, 2.24) is 15.5 Å². The number of hydrogen-bond acceptors (Lipinski definition) is 6. The van der Waals surface area contributed by atoms with Crippen LogP contribution in [0.1, 0.15) is 36.9 Å². The third-order valence-electron chi connectivity index (χ3n) is 4.33. The van der Waals surface area contributed by atoms with Gasteiger partial charge in [0, 0.05) is 18.2 Å². The Morgan fingerprint density at radius 1 is 1.29 bits per heavy atom. The highest BCUT2D eigenvalue weighted by Crippen LogP contribution is 2.38. The second-order valence-corrected chi connectivity index (χ2v) is 6.32. The lowest BCUT2D eigenvalue weighted by molar-refractivity contribution is -0.119. The van der Waals surface area contributed by atoms with E-state index in [2.05, 4.69) is 20.8 Å². The maximum atomic E-state index is 12.1. The predicted molar refractivity (Wildman–Crippen MR) is 86.7 cm³/mol. The molecule has 1 saturated heterocycles. The third kappa shape index (κ3) is 3.56. The minimum atomic E-state index is 0.0554. The summed E-state index contributed by atoms with van der Waals surface area (Å²) in [6.07, 6.45) is 3.15. The Balaban J connectivity index is 1.29. The molecule has 7 heteroatoms. The molecule has 0 bridgehead atoms. The first kappa shape index (κ1) is 15.1. The van der Waals surface area contributed by atoms with Gasteiger partial charge in [-0.3, -0.25) is 4.79 Å². The summed E-state index contributed by atoms with van der Waals surface area (Å²) < 4.78 is 10.9. The Kier molecular flexibility index (Phi) is 4.17. The number of nitrogens with zero attached hydrogens (tertiary/aromatic N) is 2. The van der Waals surface area contributed by atoms with Gasteiger partial charge in [-0.1, -0.05) is 5.16 Å². The van der Waals surface area contributed by atoms with Crippen LogP contribution in [0, 0.1) is 5.92 Å². The fourth-order valence-electron chi connectivity index (χ4n) is 2.73. The summed E-state index contributed by atoms with van der Waals surface area (Å²) in [4.78, 5) is 16.4. The number of hydrogen-bond donors (Lipinski definition) is 2. The van der Waals surface area contributed by atoms with Gasteiger partial charge in [-0.2, -0.15) is 4.98 Å². The van der Waals surface area contributed by atoms with Crippen LogP contribution in [0.3, 0.4) is 0 Å². The molecule has 0 spiro atoms. The van der Waals surface area contributed by atoms with Crippen molar-refractivity contribution < 1.29 is 14.1 Å². The summed E-state index contributed by atoms with van der Waals surface area (Å²) in [5, 5.41) is 10.0. The fraction of sp³-hybridized carbons (Fsp3) is 0.471. The van der Waals surface area contributed by atoms with E-state index in [9.17, 15) is 4.79 Å². The van der Waals surface area contributed by atoms with Crippen molar-refractivity contribution in [2.24, 2.45) is 5.92 Å². The van der Waals surface area contributed by atoms with E-state index in [0.717, 1.165) is 38.0 Å². The number of anilines is 1. The van der Waals surface area contributed by atoms with Crippen LogP contribution in [-0.2, 0) is 11.4 Å². The monoisotopic (exact) mass is 328 g/mol. The smallest absolute Gasteiger partial charge is 0.229 e. The average molecular weight is 328 g/mol. The molecule has 1 aromatic carbocycles. The quantitative estimate of drug-likeness (QED) is 0.844. The molecule has 1 unspecified atom stereocenters. The van der Waals surface area contributed by atoms with E-state index in [1.807, 2.05) is 24.3 Å². The highest BCUT2D eigenvalue weighted by molar-refractivity contribution is 5.92. The third-order valence-corrected chi connectivity index (χ3v) is 4.33. The van der Waals surface area contributed by atoms with Gasteiger partial charge in [0.1, 0.15) is 5.75 Å². The number of rotatable bonds is 6. The van der Waals surface area contributed by atoms with Crippen LogP contribution in [0.25, 0.3) is 0 Å². The van der Waals surface area contributed by atoms with Crippen molar-refractivity contribution in [2.75, 3.05) is 18.4 Å². The van der Waals surface area contributed by atoms with Crippen molar-refractivity contribution in [2.45, 2.75) is 31.8 Å². The normalized spacial score (nSPS) is 20.1. The van der Waals surface area contributed by atoms with Gasteiger partial charge in [0.15, 0.2) is 6.61 Å². The molecular formula is C17H20N4O3. The van der Waals surface area contributed by atoms with E-state index >= 15 is 0 Å². The highest BCUT2D eigenvalue weighted by Gasteiger charge is 2.29. The molecule has 2 aliphatic rings. The van der Waals surface area contributed by atoms with Crippen molar-refractivity contribution in [1.29, 1.82) is 0 Å². The number of ether oxygens (including phenoxy) is 1. The SMILES string of the molecule is O=C(Nc1ccc(OCc2noc(C3CC3)n2)cc1)C1CCNC1. The summed E-state index contributed by atoms with van der Waals surface area (Å²) in [5.74, 6) is 2.54. The predicted octanol–water partition coefficient (Wildman–Crippen LogP) is 2.07. The van der Waals surface area contributed by atoms with E-state index in [1.165, 1.54) is 0 Å². The van der Waals surface area contributed by atoms with E-state index in [4.69, 9.17) is 9.26 Å². The van der Waals surface area contributed by atoms with Crippen LogP contribution in [-0.4, -0.2) is 29.1 Å². The zero-order valence-corrected chi connectivity index (χ0v) is 13.3. The molecule has 1 aliphatic heterocycles. The van der Waals surface area contributed by atoms with Crippen LogP contribution in [0.4, 0.5) is 5.69 Å². The summed E-state index contributed by atoms with van der Waals surface area (Å²) in [6.45, 7) is 1.93. The molecule has 2 fully saturated rings. The Hall–Kier alpha value is -2.41. The summed E-state index contributed by atoms with van der Waals surface area (Å²) >= 11 is 0.